The van der Waals surface area contributed by atoms with Gasteiger partial charge in [-0.05, 0) is 48.9 Å². The van der Waals surface area contributed by atoms with Gasteiger partial charge in [0.15, 0.2) is 17.6 Å². The highest BCUT2D eigenvalue weighted by Crippen LogP contribution is 2.32. The molecular weight excluding hydrogens is 393 g/mol. The van der Waals surface area contributed by atoms with Crippen LogP contribution in [0.3, 0.4) is 0 Å². The van der Waals surface area contributed by atoms with Crippen molar-refractivity contribution >= 4 is 46.8 Å². The molecule has 2 aromatic rings. The van der Waals surface area contributed by atoms with Crippen molar-refractivity contribution in [3.05, 3.63) is 58.1 Å². The Bertz CT molecular complexity index is 893. The van der Waals surface area contributed by atoms with Gasteiger partial charge in [0.1, 0.15) is 0 Å². The molecule has 0 spiro atoms. The standard InChI is InChI=1S/C19H15Cl2NO5/c1-11(19(24)22-15-8-13(20)7-14(21)9-15)27-18(23)5-3-12-2-4-16-17(6-12)26-10-25-16/h2-9,11H,10H2,1H3,(H,22,24)/b5-3+/t11-/m0/s1. The van der Waals surface area contributed by atoms with Crippen molar-refractivity contribution in [2.75, 3.05) is 12.1 Å². The number of rotatable bonds is 5. The smallest absolute Gasteiger partial charge is 0.331 e. The molecule has 0 fully saturated rings. The van der Waals surface area contributed by atoms with E-state index < -0.39 is 18.0 Å². The van der Waals surface area contributed by atoms with Gasteiger partial charge >= 0.3 is 5.97 Å². The minimum atomic E-state index is -1.00. The highest BCUT2D eigenvalue weighted by atomic mass is 35.5. The maximum absolute atomic E-state index is 12.1. The van der Waals surface area contributed by atoms with E-state index in [1.54, 1.807) is 42.5 Å². The highest BCUT2D eigenvalue weighted by molar-refractivity contribution is 6.35. The molecule has 0 saturated heterocycles. The molecule has 1 N–H and O–H groups in total. The topological polar surface area (TPSA) is 73.9 Å². The summed E-state index contributed by atoms with van der Waals surface area (Å²) in [5.41, 5.74) is 1.15. The fraction of sp³-hybridized carbons (Fsp3) is 0.158. The molecule has 0 bridgehead atoms. The van der Waals surface area contributed by atoms with Gasteiger partial charge in [0.05, 0.1) is 0 Å². The third-order valence-electron chi connectivity index (χ3n) is 3.60. The van der Waals surface area contributed by atoms with Crippen molar-refractivity contribution < 1.29 is 23.8 Å². The molecule has 1 heterocycles. The number of ether oxygens (including phenoxy) is 3. The van der Waals surface area contributed by atoms with E-state index in [-0.39, 0.29) is 6.79 Å². The Morgan fingerprint density at radius 3 is 2.56 bits per heavy atom. The molecule has 8 heteroatoms. The minimum absolute atomic E-state index is 0.176. The zero-order valence-corrected chi connectivity index (χ0v) is 15.7. The van der Waals surface area contributed by atoms with Crippen LogP contribution in [0.1, 0.15) is 12.5 Å². The van der Waals surface area contributed by atoms with Crippen molar-refractivity contribution in [1.29, 1.82) is 0 Å². The summed E-state index contributed by atoms with van der Waals surface area (Å²) in [7, 11) is 0. The second-order valence-electron chi connectivity index (χ2n) is 5.67. The lowest BCUT2D eigenvalue weighted by atomic mass is 10.2. The monoisotopic (exact) mass is 407 g/mol. The van der Waals surface area contributed by atoms with Crippen LogP contribution < -0.4 is 14.8 Å². The van der Waals surface area contributed by atoms with Crippen molar-refractivity contribution in [3.8, 4) is 11.5 Å². The van der Waals surface area contributed by atoms with Gasteiger partial charge in [0.25, 0.3) is 5.91 Å². The zero-order chi connectivity index (χ0) is 19.4. The number of carbonyl (C=O) groups excluding carboxylic acids is 2. The Morgan fingerprint density at radius 2 is 1.81 bits per heavy atom. The summed E-state index contributed by atoms with van der Waals surface area (Å²) in [6.07, 6.45) is 1.79. The van der Waals surface area contributed by atoms with E-state index in [0.717, 1.165) is 5.56 Å². The SMILES string of the molecule is C[C@H](OC(=O)/C=C/c1ccc2c(c1)OCO2)C(=O)Nc1cc(Cl)cc(Cl)c1. The van der Waals surface area contributed by atoms with Crippen LogP contribution in [-0.2, 0) is 14.3 Å². The first kappa shape index (κ1) is 19.1. The van der Waals surface area contributed by atoms with Gasteiger partial charge in [-0.1, -0.05) is 29.3 Å². The molecule has 6 nitrogen and oxygen atoms in total. The molecule has 0 unspecified atom stereocenters. The average Bonchev–Trinajstić information content (AvgIpc) is 3.06. The quantitative estimate of drug-likeness (QED) is 0.590. The number of fused-ring (bicyclic) bond motifs is 1. The van der Waals surface area contributed by atoms with Gasteiger partial charge in [-0.2, -0.15) is 0 Å². The van der Waals surface area contributed by atoms with Crippen LogP contribution >= 0.6 is 23.2 Å². The van der Waals surface area contributed by atoms with E-state index in [1.807, 2.05) is 0 Å². The molecule has 0 saturated carbocycles. The van der Waals surface area contributed by atoms with Crippen LogP contribution in [0.15, 0.2) is 42.5 Å². The Kier molecular flexibility index (Phi) is 5.88. The van der Waals surface area contributed by atoms with E-state index in [4.69, 9.17) is 37.4 Å². The molecule has 3 rings (SSSR count). The Hall–Kier alpha value is -2.70. The molecular formula is C19H15Cl2NO5. The molecule has 1 amide bonds. The van der Waals surface area contributed by atoms with E-state index in [9.17, 15) is 9.59 Å². The number of amides is 1. The summed E-state index contributed by atoms with van der Waals surface area (Å²) in [4.78, 5) is 24.1. The first-order valence-corrected chi connectivity index (χ1v) is 8.71. The van der Waals surface area contributed by atoms with Crippen LogP contribution in [0.25, 0.3) is 6.08 Å². The molecule has 2 aromatic carbocycles. The van der Waals surface area contributed by atoms with Gasteiger partial charge in [-0.25, -0.2) is 4.79 Å². The summed E-state index contributed by atoms with van der Waals surface area (Å²) in [5, 5.41) is 3.36. The highest BCUT2D eigenvalue weighted by Gasteiger charge is 2.17. The predicted octanol–water partition coefficient (Wildman–Crippen LogP) is 4.31. The van der Waals surface area contributed by atoms with Gasteiger partial charge < -0.3 is 19.5 Å². The molecule has 1 atom stereocenters. The van der Waals surface area contributed by atoms with Crippen molar-refractivity contribution in [2.24, 2.45) is 0 Å². The summed E-state index contributed by atoms with van der Waals surface area (Å²) in [6.45, 7) is 1.64. The van der Waals surface area contributed by atoms with E-state index in [0.29, 0.717) is 27.2 Å². The normalized spacial score (nSPS) is 13.4. The molecule has 0 radical (unpaired) electrons. The third kappa shape index (κ3) is 5.15. The fourth-order valence-electron chi connectivity index (χ4n) is 2.32. The van der Waals surface area contributed by atoms with Gasteiger partial charge in [-0.15, -0.1) is 0 Å². The molecule has 1 aliphatic heterocycles. The number of hydrogen-bond acceptors (Lipinski definition) is 5. The van der Waals surface area contributed by atoms with Crippen molar-refractivity contribution in [3.63, 3.8) is 0 Å². The van der Waals surface area contributed by atoms with Crippen LogP contribution in [0.4, 0.5) is 5.69 Å². The number of hydrogen-bond donors (Lipinski definition) is 1. The Morgan fingerprint density at radius 1 is 1.11 bits per heavy atom. The van der Waals surface area contributed by atoms with Crippen molar-refractivity contribution in [2.45, 2.75) is 13.0 Å². The largest absolute Gasteiger partial charge is 0.454 e. The number of esters is 1. The number of carbonyl (C=O) groups is 2. The Balaban J connectivity index is 1.55. The van der Waals surface area contributed by atoms with Crippen LogP contribution in [0, 0.1) is 0 Å². The molecule has 0 aliphatic carbocycles. The van der Waals surface area contributed by atoms with Crippen LogP contribution in [0.2, 0.25) is 10.0 Å². The second-order valence-corrected chi connectivity index (χ2v) is 6.55. The lowest BCUT2D eigenvalue weighted by Gasteiger charge is -2.12. The lowest BCUT2D eigenvalue weighted by Crippen LogP contribution is -2.29. The zero-order valence-electron chi connectivity index (χ0n) is 14.2. The van der Waals surface area contributed by atoms with Crippen LogP contribution in [-0.4, -0.2) is 24.8 Å². The van der Waals surface area contributed by atoms with Crippen LogP contribution in [0.5, 0.6) is 11.5 Å². The lowest BCUT2D eigenvalue weighted by molar-refractivity contribution is -0.148. The fourth-order valence-corrected chi connectivity index (χ4v) is 2.84. The third-order valence-corrected chi connectivity index (χ3v) is 4.04. The summed E-state index contributed by atoms with van der Waals surface area (Å²) < 4.78 is 15.6. The first-order valence-electron chi connectivity index (χ1n) is 7.96. The van der Waals surface area contributed by atoms with Crippen molar-refractivity contribution in [1.82, 2.24) is 0 Å². The van der Waals surface area contributed by atoms with Gasteiger partial charge in [0.2, 0.25) is 6.79 Å². The second kappa shape index (κ2) is 8.33. The van der Waals surface area contributed by atoms with Gasteiger partial charge in [0, 0.05) is 21.8 Å². The average molecular weight is 408 g/mol. The molecule has 1 aliphatic rings. The van der Waals surface area contributed by atoms with E-state index in [1.165, 1.54) is 13.0 Å². The van der Waals surface area contributed by atoms with Gasteiger partial charge in [-0.3, -0.25) is 4.79 Å². The molecule has 0 aromatic heterocycles. The van der Waals surface area contributed by atoms with E-state index >= 15 is 0 Å². The minimum Gasteiger partial charge on any atom is -0.454 e. The molecule has 140 valence electrons. The number of halogens is 2. The maximum atomic E-state index is 12.1. The number of nitrogens with one attached hydrogen (secondary N) is 1. The summed E-state index contributed by atoms with van der Waals surface area (Å²) in [5.74, 6) is 0.109. The summed E-state index contributed by atoms with van der Waals surface area (Å²) >= 11 is 11.8. The maximum Gasteiger partial charge on any atom is 0.331 e. The van der Waals surface area contributed by atoms with E-state index in [2.05, 4.69) is 5.32 Å². The number of benzene rings is 2. The molecule has 27 heavy (non-hydrogen) atoms. The Labute approximate surface area is 165 Å². The number of anilines is 1. The first-order chi connectivity index (χ1) is 12.9. The predicted molar refractivity (Wildman–Crippen MR) is 102 cm³/mol. The summed E-state index contributed by atoms with van der Waals surface area (Å²) in [6, 6.07) is 9.89.